The lowest BCUT2D eigenvalue weighted by Gasteiger charge is -2.12. The molecule has 0 atom stereocenters. The van der Waals surface area contributed by atoms with Gasteiger partial charge >= 0.3 is 6.61 Å². The van der Waals surface area contributed by atoms with Crippen molar-refractivity contribution < 1.29 is 27.8 Å². The van der Waals surface area contributed by atoms with E-state index in [-0.39, 0.29) is 42.9 Å². The van der Waals surface area contributed by atoms with Crippen molar-refractivity contribution >= 4 is 11.8 Å². The molecule has 0 aliphatic rings. The van der Waals surface area contributed by atoms with Gasteiger partial charge in [-0.3, -0.25) is 14.9 Å². The minimum atomic E-state index is -2.94. The smallest absolute Gasteiger partial charge is 0.387 e. The Balaban J connectivity index is 2.48. The molecule has 2 amide bonds. The Labute approximate surface area is 132 Å². The molecule has 1 aromatic rings. The Morgan fingerprint density at radius 1 is 1.17 bits per heavy atom. The van der Waals surface area contributed by atoms with E-state index in [9.17, 15) is 18.4 Å². The number of hydrogen-bond acceptors (Lipinski definition) is 5. The number of carbonyl (C=O) groups excluding carboxylic acids is 2. The molecule has 0 aliphatic carbocycles. The lowest BCUT2D eigenvalue weighted by Crippen LogP contribution is -2.38. The van der Waals surface area contributed by atoms with Crippen molar-refractivity contribution in [2.75, 3.05) is 27.2 Å². The van der Waals surface area contributed by atoms with Crippen LogP contribution in [0.1, 0.15) is 5.56 Å². The highest BCUT2D eigenvalue weighted by molar-refractivity contribution is 5.80. The normalized spacial score (nSPS) is 10.3. The fraction of sp³-hybridized carbons (Fsp3) is 0.429. The molecular weight excluding hydrogens is 312 g/mol. The number of alkyl halides is 2. The maximum Gasteiger partial charge on any atom is 0.387 e. The Morgan fingerprint density at radius 3 is 2.48 bits per heavy atom. The van der Waals surface area contributed by atoms with E-state index >= 15 is 0 Å². The number of rotatable bonds is 9. The summed E-state index contributed by atoms with van der Waals surface area (Å²) in [7, 11) is 2.83. The fourth-order valence-electron chi connectivity index (χ4n) is 1.66. The average molecular weight is 331 g/mol. The number of hydrogen-bond donors (Lipinski definition) is 3. The zero-order valence-corrected chi connectivity index (χ0v) is 12.8. The molecule has 0 aromatic heterocycles. The van der Waals surface area contributed by atoms with Crippen molar-refractivity contribution in [1.29, 1.82) is 0 Å². The molecule has 0 bridgehead atoms. The number of nitrogens with one attached hydrogen (secondary N) is 3. The van der Waals surface area contributed by atoms with Gasteiger partial charge in [-0.1, -0.05) is 6.07 Å². The molecule has 0 aliphatic heterocycles. The van der Waals surface area contributed by atoms with Gasteiger partial charge in [-0.05, 0) is 17.7 Å². The van der Waals surface area contributed by atoms with E-state index in [1.807, 2.05) is 0 Å². The number of carbonyl (C=O) groups is 2. The molecule has 9 heteroatoms. The second kappa shape index (κ2) is 9.57. The first kappa shape index (κ1) is 18.6. The van der Waals surface area contributed by atoms with Gasteiger partial charge in [0.1, 0.15) is 0 Å². The van der Waals surface area contributed by atoms with Crippen molar-refractivity contribution in [2.45, 2.75) is 13.2 Å². The summed E-state index contributed by atoms with van der Waals surface area (Å²) in [4.78, 5) is 22.6. The topological polar surface area (TPSA) is 88.7 Å². The maximum atomic E-state index is 12.2. The van der Waals surface area contributed by atoms with Crippen molar-refractivity contribution in [3.63, 3.8) is 0 Å². The minimum Gasteiger partial charge on any atom is -0.493 e. The van der Waals surface area contributed by atoms with Gasteiger partial charge < -0.3 is 20.1 Å². The molecular formula is C14H19F2N3O4. The summed E-state index contributed by atoms with van der Waals surface area (Å²) < 4.78 is 33.7. The molecule has 0 radical (unpaired) electrons. The second-order valence-electron chi connectivity index (χ2n) is 4.42. The van der Waals surface area contributed by atoms with Crippen LogP contribution in [0.4, 0.5) is 8.78 Å². The number of halogens is 2. The summed E-state index contributed by atoms with van der Waals surface area (Å²) in [5.74, 6) is -0.461. The Bertz CT molecular complexity index is 541. The molecule has 7 nitrogen and oxygen atoms in total. The lowest BCUT2D eigenvalue weighted by molar-refractivity contribution is -0.121. The van der Waals surface area contributed by atoms with Crippen LogP contribution >= 0.6 is 0 Å². The van der Waals surface area contributed by atoms with E-state index in [0.29, 0.717) is 5.56 Å². The van der Waals surface area contributed by atoms with Crippen molar-refractivity contribution in [2.24, 2.45) is 0 Å². The SMILES string of the molecule is CNC(=O)CNCC(=O)NCc1ccc(OC(F)F)c(OC)c1. The predicted molar refractivity (Wildman–Crippen MR) is 78.4 cm³/mol. The number of likely N-dealkylation sites (N-methyl/N-ethyl adjacent to an activating group) is 1. The molecule has 0 saturated carbocycles. The number of methoxy groups -OCH3 is 1. The number of amides is 2. The van der Waals surface area contributed by atoms with Crippen LogP contribution in [0.25, 0.3) is 0 Å². The summed E-state index contributed by atoms with van der Waals surface area (Å²) in [5.41, 5.74) is 0.656. The van der Waals surface area contributed by atoms with Gasteiger partial charge in [-0.15, -0.1) is 0 Å². The Hall–Kier alpha value is -2.42. The molecule has 0 heterocycles. The van der Waals surface area contributed by atoms with Crippen LogP contribution in [0.2, 0.25) is 0 Å². The van der Waals surface area contributed by atoms with Gasteiger partial charge in [-0.2, -0.15) is 8.78 Å². The van der Waals surface area contributed by atoms with Crippen molar-refractivity contribution in [3.05, 3.63) is 23.8 Å². The van der Waals surface area contributed by atoms with Crippen LogP contribution in [0, 0.1) is 0 Å². The molecule has 0 spiro atoms. The molecule has 1 aromatic carbocycles. The fourth-order valence-corrected chi connectivity index (χ4v) is 1.66. The number of benzene rings is 1. The van der Waals surface area contributed by atoms with Gasteiger partial charge in [0.2, 0.25) is 11.8 Å². The average Bonchev–Trinajstić information content (AvgIpc) is 2.53. The first-order chi connectivity index (χ1) is 11.0. The third kappa shape index (κ3) is 6.92. The van der Waals surface area contributed by atoms with Crippen LogP contribution in [0.15, 0.2) is 18.2 Å². The van der Waals surface area contributed by atoms with E-state index in [4.69, 9.17) is 4.74 Å². The highest BCUT2D eigenvalue weighted by atomic mass is 19.3. The van der Waals surface area contributed by atoms with E-state index in [1.54, 1.807) is 6.07 Å². The molecule has 3 N–H and O–H groups in total. The quantitative estimate of drug-likeness (QED) is 0.604. The van der Waals surface area contributed by atoms with Crippen LogP contribution in [0.3, 0.4) is 0 Å². The molecule has 0 saturated heterocycles. The van der Waals surface area contributed by atoms with Crippen LogP contribution < -0.4 is 25.4 Å². The van der Waals surface area contributed by atoms with E-state index in [1.165, 1.54) is 26.3 Å². The summed E-state index contributed by atoms with van der Waals surface area (Å²) in [6, 6.07) is 4.38. The van der Waals surface area contributed by atoms with E-state index in [2.05, 4.69) is 20.7 Å². The minimum absolute atomic E-state index is 0.0167. The van der Waals surface area contributed by atoms with Gasteiger partial charge in [-0.25, -0.2) is 0 Å². The van der Waals surface area contributed by atoms with E-state index in [0.717, 1.165) is 0 Å². The largest absolute Gasteiger partial charge is 0.493 e. The summed E-state index contributed by atoms with van der Waals surface area (Å²) in [6.45, 7) is -2.73. The Morgan fingerprint density at radius 2 is 1.87 bits per heavy atom. The molecule has 128 valence electrons. The van der Waals surface area contributed by atoms with Gasteiger partial charge in [0, 0.05) is 13.6 Å². The summed E-state index contributed by atoms with van der Waals surface area (Å²) in [5, 5.41) is 7.71. The first-order valence-electron chi connectivity index (χ1n) is 6.76. The standard InChI is InChI=1S/C14H19F2N3O4/c1-17-12(20)7-18-8-13(21)19-6-9-3-4-10(23-14(15)16)11(5-9)22-2/h3-5,14,18H,6-8H2,1-2H3,(H,17,20)(H,19,21). The number of ether oxygens (including phenoxy) is 2. The van der Waals surface area contributed by atoms with Crippen molar-refractivity contribution in [1.82, 2.24) is 16.0 Å². The molecule has 0 fully saturated rings. The highest BCUT2D eigenvalue weighted by Crippen LogP contribution is 2.29. The van der Waals surface area contributed by atoms with E-state index < -0.39 is 6.61 Å². The maximum absolute atomic E-state index is 12.2. The van der Waals surface area contributed by atoms with Crippen LogP contribution in [-0.2, 0) is 16.1 Å². The van der Waals surface area contributed by atoms with Gasteiger partial charge in [0.05, 0.1) is 20.2 Å². The molecule has 1 rings (SSSR count). The second-order valence-corrected chi connectivity index (χ2v) is 4.42. The molecule has 0 unspecified atom stereocenters. The predicted octanol–water partition coefficient (Wildman–Crippen LogP) is 0.248. The van der Waals surface area contributed by atoms with Gasteiger partial charge in [0.15, 0.2) is 11.5 Å². The summed E-state index contributed by atoms with van der Waals surface area (Å²) in [6.07, 6.45) is 0. The van der Waals surface area contributed by atoms with Crippen LogP contribution in [0.5, 0.6) is 11.5 Å². The highest BCUT2D eigenvalue weighted by Gasteiger charge is 2.11. The first-order valence-corrected chi connectivity index (χ1v) is 6.76. The van der Waals surface area contributed by atoms with Crippen LogP contribution in [-0.4, -0.2) is 45.7 Å². The third-order valence-electron chi connectivity index (χ3n) is 2.78. The monoisotopic (exact) mass is 331 g/mol. The summed E-state index contributed by atoms with van der Waals surface area (Å²) >= 11 is 0. The third-order valence-corrected chi connectivity index (χ3v) is 2.78. The van der Waals surface area contributed by atoms with Crippen molar-refractivity contribution in [3.8, 4) is 11.5 Å². The lowest BCUT2D eigenvalue weighted by atomic mass is 10.2. The van der Waals surface area contributed by atoms with Gasteiger partial charge in [0.25, 0.3) is 0 Å². The Kier molecular flexibility index (Phi) is 7.75. The zero-order valence-electron chi connectivity index (χ0n) is 12.8. The molecule has 23 heavy (non-hydrogen) atoms. The zero-order chi connectivity index (χ0) is 17.2.